The first-order chi connectivity index (χ1) is 13.2. The summed E-state index contributed by atoms with van der Waals surface area (Å²) in [5, 5.41) is 11.8. The minimum atomic E-state index is -0.329. The molecule has 6 heteroatoms. The Bertz CT molecular complexity index is 933. The Labute approximate surface area is 161 Å². The van der Waals surface area contributed by atoms with Gasteiger partial charge in [0.25, 0.3) is 5.91 Å². The summed E-state index contributed by atoms with van der Waals surface area (Å²) in [5.41, 5.74) is 2.52. The van der Waals surface area contributed by atoms with Crippen LogP contribution in [0, 0.1) is 12.2 Å². The molecule has 1 saturated carbocycles. The normalized spacial score (nSPS) is 14.9. The van der Waals surface area contributed by atoms with E-state index in [1.54, 1.807) is 12.1 Å². The molecule has 0 saturated heterocycles. The van der Waals surface area contributed by atoms with Gasteiger partial charge in [0.2, 0.25) is 5.13 Å². The Morgan fingerprint density at radius 1 is 1.07 bits per heavy atom. The Morgan fingerprint density at radius 2 is 1.85 bits per heavy atom. The van der Waals surface area contributed by atoms with Crippen LogP contribution < -0.4 is 5.32 Å². The monoisotopic (exact) mass is 380 g/mol. The van der Waals surface area contributed by atoms with Crippen LogP contribution in [0.2, 0.25) is 0 Å². The number of anilines is 1. The fourth-order valence-corrected chi connectivity index (χ4v) is 4.08. The molecule has 1 radical (unpaired) electrons. The lowest BCUT2D eigenvalue weighted by Crippen LogP contribution is -2.12. The van der Waals surface area contributed by atoms with Crippen LogP contribution in [0.5, 0.6) is 0 Å². The van der Waals surface area contributed by atoms with Crippen LogP contribution in [0.3, 0.4) is 0 Å². The molecule has 1 amide bonds. The summed E-state index contributed by atoms with van der Waals surface area (Å²) in [6.07, 6.45) is 7.03. The van der Waals surface area contributed by atoms with E-state index in [4.69, 9.17) is 0 Å². The average Bonchev–Trinajstić information content (AvgIpc) is 3.17. The summed E-state index contributed by atoms with van der Waals surface area (Å²) >= 11 is 1.22. The summed E-state index contributed by atoms with van der Waals surface area (Å²) in [5.74, 6) is 0.0359. The lowest BCUT2D eigenvalue weighted by molar-refractivity contribution is 0.102. The first-order valence-electron chi connectivity index (χ1n) is 9.01. The standard InChI is InChI=1S/C21H19FN3OS/c22-18-8-4-7-17(13-18)20-24-25-21(27-20)23-19(26)16-11-9-15(10-12-16)14-5-2-1-3-6-14/h1,4,7-14H,2-3,5-6H2,(H,23,25,26). The predicted octanol–water partition coefficient (Wildman–Crippen LogP) is 5.46. The molecule has 1 N–H and O–H groups in total. The molecule has 0 spiro atoms. The van der Waals surface area contributed by atoms with Gasteiger partial charge in [-0.15, -0.1) is 10.2 Å². The van der Waals surface area contributed by atoms with Crippen molar-refractivity contribution < 1.29 is 9.18 Å². The van der Waals surface area contributed by atoms with Crippen molar-refractivity contribution in [2.24, 2.45) is 0 Å². The third-order valence-corrected chi connectivity index (χ3v) is 5.69. The Morgan fingerprint density at radius 3 is 2.59 bits per heavy atom. The van der Waals surface area contributed by atoms with E-state index in [-0.39, 0.29) is 11.7 Å². The Balaban J connectivity index is 1.43. The number of hydrogen-bond acceptors (Lipinski definition) is 4. The van der Waals surface area contributed by atoms with Gasteiger partial charge >= 0.3 is 0 Å². The number of halogens is 1. The number of hydrogen-bond donors (Lipinski definition) is 1. The molecule has 3 aromatic rings. The second-order valence-corrected chi connectivity index (χ2v) is 7.62. The number of carbonyl (C=O) groups excluding carboxylic acids is 1. The number of carbonyl (C=O) groups is 1. The number of nitrogens with one attached hydrogen (secondary N) is 1. The number of rotatable bonds is 4. The van der Waals surface area contributed by atoms with Crippen molar-refractivity contribution in [1.29, 1.82) is 0 Å². The maximum absolute atomic E-state index is 13.3. The zero-order chi connectivity index (χ0) is 18.6. The van der Waals surface area contributed by atoms with E-state index in [1.165, 1.54) is 41.9 Å². The zero-order valence-corrected chi connectivity index (χ0v) is 15.5. The maximum atomic E-state index is 13.3. The maximum Gasteiger partial charge on any atom is 0.257 e. The fourth-order valence-electron chi connectivity index (χ4n) is 3.35. The lowest BCUT2D eigenvalue weighted by atomic mass is 9.84. The molecule has 0 atom stereocenters. The third-order valence-electron chi connectivity index (χ3n) is 4.80. The highest BCUT2D eigenvalue weighted by atomic mass is 32.1. The van der Waals surface area contributed by atoms with Crippen molar-refractivity contribution in [3.8, 4) is 10.6 Å². The minimum Gasteiger partial charge on any atom is -0.296 e. The van der Waals surface area contributed by atoms with Gasteiger partial charge in [0, 0.05) is 11.1 Å². The van der Waals surface area contributed by atoms with Crippen molar-refractivity contribution >= 4 is 22.4 Å². The van der Waals surface area contributed by atoms with Gasteiger partial charge in [-0.3, -0.25) is 10.1 Å². The van der Waals surface area contributed by atoms with Crippen molar-refractivity contribution in [1.82, 2.24) is 10.2 Å². The minimum absolute atomic E-state index is 0.222. The highest BCUT2D eigenvalue weighted by Crippen LogP contribution is 2.32. The molecule has 4 rings (SSSR count). The van der Waals surface area contributed by atoms with E-state index in [1.807, 2.05) is 24.3 Å². The molecule has 1 fully saturated rings. The quantitative estimate of drug-likeness (QED) is 0.654. The summed E-state index contributed by atoms with van der Waals surface area (Å²) in [6, 6.07) is 14.0. The molecule has 0 aliphatic heterocycles. The molecule has 137 valence electrons. The Kier molecular flexibility index (Phi) is 5.25. The van der Waals surface area contributed by atoms with Crippen LogP contribution in [-0.4, -0.2) is 16.1 Å². The fraction of sp³-hybridized carbons (Fsp3) is 0.238. The van der Waals surface area contributed by atoms with E-state index in [0.717, 1.165) is 12.8 Å². The molecule has 1 aliphatic carbocycles. The average molecular weight is 380 g/mol. The molecular formula is C21H19FN3OS. The van der Waals surface area contributed by atoms with Gasteiger partial charge in [0.15, 0.2) is 0 Å². The van der Waals surface area contributed by atoms with E-state index in [2.05, 4.69) is 21.9 Å². The summed E-state index contributed by atoms with van der Waals surface area (Å²) in [7, 11) is 0. The van der Waals surface area contributed by atoms with E-state index >= 15 is 0 Å². The summed E-state index contributed by atoms with van der Waals surface area (Å²) in [6.45, 7) is 0. The molecule has 2 aromatic carbocycles. The smallest absolute Gasteiger partial charge is 0.257 e. The van der Waals surface area contributed by atoms with Gasteiger partial charge in [-0.1, -0.05) is 35.6 Å². The highest BCUT2D eigenvalue weighted by molar-refractivity contribution is 7.18. The number of nitrogens with zero attached hydrogens (tertiary/aromatic N) is 2. The molecule has 0 bridgehead atoms. The van der Waals surface area contributed by atoms with Crippen LogP contribution in [0.4, 0.5) is 9.52 Å². The van der Waals surface area contributed by atoms with Crippen LogP contribution in [0.15, 0.2) is 48.5 Å². The number of amides is 1. The lowest BCUT2D eigenvalue weighted by Gasteiger charge is -2.21. The van der Waals surface area contributed by atoms with Gasteiger partial charge in [0.1, 0.15) is 10.8 Å². The third kappa shape index (κ3) is 4.22. The van der Waals surface area contributed by atoms with Crippen molar-refractivity contribution in [3.63, 3.8) is 0 Å². The van der Waals surface area contributed by atoms with Crippen LogP contribution >= 0.6 is 11.3 Å². The van der Waals surface area contributed by atoms with Crippen LogP contribution in [0.1, 0.15) is 47.5 Å². The highest BCUT2D eigenvalue weighted by Gasteiger charge is 2.16. The van der Waals surface area contributed by atoms with Gasteiger partial charge in [-0.2, -0.15) is 0 Å². The van der Waals surface area contributed by atoms with Crippen molar-refractivity contribution in [3.05, 3.63) is 71.9 Å². The zero-order valence-electron chi connectivity index (χ0n) is 14.7. The van der Waals surface area contributed by atoms with Gasteiger partial charge in [-0.05, 0) is 67.9 Å². The topological polar surface area (TPSA) is 54.9 Å². The molecule has 27 heavy (non-hydrogen) atoms. The molecule has 0 unspecified atom stereocenters. The summed E-state index contributed by atoms with van der Waals surface area (Å²) < 4.78 is 13.3. The van der Waals surface area contributed by atoms with Crippen LogP contribution in [0.25, 0.3) is 10.6 Å². The first kappa shape index (κ1) is 17.8. The molecule has 1 aromatic heterocycles. The molecule has 1 aliphatic rings. The molecule has 1 heterocycles. The second-order valence-electron chi connectivity index (χ2n) is 6.64. The molecule has 4 nitrogen and oxygen atoms in total. The van der Waals surface area contributed by atoms with E-state index in [9.17, 15) is 9.18 Å². The number of benzene rings is 2. The summed E-state index contributed by atoms with van der Waals surface area (Å²) in [4.78, 5) is 12.5. The Hall–Kier alpha value is -2.60. The van der Waals surface area contributed by atoms with Gasteiger partial charge in [0.05, 0.1) is 0 Å². The van der Waals surface area contributed by atoms with Crippen LogP contribution in [-0.2, 0) is 0 Å². The largest absolute Gasteiger partial charge is 0.296 e. The van der Waals surface area contributed by atoms with Gasteiger partial charge in [-0.25, -0.2) is 4.39 Å². The second kappa shape index (κ2) is 7.96. The molecular weight excluding hydrogens is 361 g/mol. The van der Waals surface area contributed by atoms with Crippen molar-refractivity contribution in [2.75, 3.05) is 5.32 Å². The predicted molar refractivity (Wildman–Crippen MR) is 105 cm³/mol. The van der Waals surface area contributed by atoms with Crippen molar-refractivity contribution in [2.45, 2.75) is 31.6 Å². The van der Waals surface area contributed by atoms with Gasteiger partial charge < -0.3 is 0 Å². The van der Waals surface area contributed by atoms with E-state index < -0.39 is 0 Å². The first-order valence-corrected chi connectivity index (χ1v) is 9.83. The van der Waals surface area contributed by atoms with E-state index in [0.29, 0.717) is 27.2 Å². The SMILES string of the molecule is O=C(Nc1nnc(-c2cccc(F)c2)s1)c1ccc(C2CC[CH]CC2)cc1. The number of aromatic nitrogens is 2.